The third-order valence-corrected chi connectivity index (χ3v) is 4.59. The number of aromatic nitrogens is 1. The molecule has 1 N–H and O–H groups in total. The highest BCUT2D eigenvalue weighted by Crippen LogP contribution is 2.31. The van der Waals surface area contributed by atoms with Crippen molar-refractivity contribution in [2.75, 3.05) is 13.7 Å². The summed E-state index contributed by atoms with van der Waals surface area (Å²) < 4.78 is 16.8. The Morgan fingerprint density at radius 3 is 2.57 bits per heavy atom. The Labute approximate surface area is 176 Å². The molecule has 0 saturated heterocycles. The summed E-state index contributed by atoms with van der Waals surface area (Å²) in [6.07, 6.45) is 3.46. The van der Waals surface area contributed by atoms with Gasteiger partial charge in [-0.2, -0.15) is 0 Å². The minimum Gasteiger partial charge on any atom is -0.494 e. The smallest absolute Gasteiger partial charge is 0.251 e. The van der Waals surface area contributed by atoms with E-state index in [0.717, 1.165) is 11.1 Å². The second-order valence-electron chi connectivity index (χ2n) is 6.71. The fraction of sp³-hybridized carbons (Fsp3) is 0.250. The van der Waals surface area contributed by atoms with Crippen LogP contribution in [0.25, 0.3) is 0 Å². The summed E-state index contributed by atoms with van der Waals surface area (Å²) in [6, 6.07) is 16.4. The van der Waals surface area contributed by atoms with Crippen molar-refractivity contribution in [3.05, 3.63) is 83.7 Å². The molecule has 1 unspecified atom stereocenters. The molecule has 1 atom stereocenters. The van der Waals surface area contributed by atoms with Crippen LogP contribution in [0.1, 0.15) is 41.4 Å². The first kappa shape index (κ1) is 21.2. The number of carbonyl (C=O) groups is 1. The molecule has 3 aromatic rings. The van der Waals surface area contributed by atoms with Crippen molar-refractivity contribution < 1.29 is 19.0 Å². The summed E-state index contributed by atoms with van der Waals surface area (Å²) in [5.41, 5.74) is 2.49. The lowest BCUT2D eigenvalue weighted by atomic mass is 10.1. The molecular weight excluding hydrogens is 380 g/mol. The van der Waals surface area contributed by atoms with Crippen molar-refractivity contribution >= 4 is 5.91 Å². The number of benzene rings is 2. The molecule has 0 spiro atoms. The molecule has 6 heteroatoms. The maximum atomic E-state index is 12.6. The van der Waals surface area contributed by atoms with Crippen LogP contribution >= 0.6 is 0 Å². The lowest BCUT2D eigenvalue weighted by Crippen LogP contribution is -2.26. The zero-order chi connectivity index (χ0) is 21.3. The van der Waals surface area contributed by atoms with Crippen molar-refractivity contribution in [3.8, 4) is 17.2 Å². The third-order valence-electron chi connectivity index (χ3n) is 4.59. The molecule has 156 valence electrons. The van der Waals surface area contributed by atoms with Crippen LogP contribution in [0.2, 0.25) is 0 Å². The molecule has 0 aliphatic carbocycles. The third kappa shape index (κ3) is 5.50. The van der Waals surface area contributed by atoms with Crippen LogP contribution in [0.5, 0.6) is 17.2 Å². The number of amides is 1. The van der Waals surface area contributed by atoms with E-state index in [0.29, 0.717) is 36.0 Å². The van der Waals surface area contributed by atoms with Gasteiger partial charge in [0.15, 0.2) is 11.5 Å². The number of carbonyl (C=O) groups excluding carboxylic acids is 1. The van der Waals surface area contributed by atoms with Crippen LogP contribution in [-0.2, 0) is 6.61 Å². The van der Waals surface area contributed by atoms with Gasteiger partial charge < -0.3 is 19.5 Å². The van der Waals surface area contributed by atoms with Gasteiger partial charge in [0.25, 0.3) is 5.91 Å². The number of rotatable bonds is 9. The van der Waals surface area contributed by atoms with Crippen LogP contribution in [0.3, 0.4) is 0 Å². The maximum Gasteiger partial charge on any atom is 0.251 e. The first-order chi connectivity index (χ1) is 14.6. The van der Waals surface area contributed by atoms with E-state index in [1.54, 1.807) is 31.6 Å². The molecule has 0 fully saturated rings. The summed E-state index contributed by atoms with van der Waals surface area (Å²) in [6.45, 7) is 4.81. The summed E-state index contributed by atoms with van der Waals surface area (Å²) in [7, 11) is 1.60. The van der Waals surface area contributed by atoms with Crippen LogP contribution in [0, 0.1) is 0 Å². The number of pyridine rings is 1. The molecular formula is C24H26N2O4. The molecule has 2 aromatic carbocycles. The van der Waals surface area contributed by atoms with E-state index in [-0.39, 0.29) is 11.9 Å². The van der Waals surface area contributed by atoms with Crippen molar-refractivity contribution in [3.63, 3.8) is 0 Å². The van der Waals surface area contributed by atoms with Crippen LogP contribution in [-0.4, -0.2) is 24.6 Å². The Morgan fingerprint density at radius 2 is 1.83 bits per heavy atom. The van der Waals surface area contributed by atoms with E-state index in [2.05, 4.69) is 10.3 Å². The first-order valence-electron chi connectivity index (χ1n) is 9.84. The highest BCUT2D eigenvalue weighted by molar-refractivity contribution is 5.94. The average molecular weight is 406 g/mol. The summed E-state index contributed by atoms with van der Waals surface area (Å²) in [5, 5.41) is 3.01. The van der Waals surface area contributed by atoms with Gasteiger partial charge in [0.1, 0.15) is 12.4 Å². The highest BCUT2D eigenvalue weighted by atomic mass is 16.5. The van der Waals surface area contributed by atoms with E-state index in [1.807, 2.05) is 56.3 Å². The van der Waals surface area contributed by atoms with Gasteiger partial charge in [-0.1, -0.05) is 12.1 Å². The number of nitrogens with zero attached hydrogens (tertiary/aromatic N) is 1. The van der Waals surface area contributed by atoms with Gasteiger partial charge in [-0.3, -0.25) is 9.78 Å². The second kappa shape index (κ2) is 10.3. The standard InChI is InChI=1S/C24H26N2O4/c1-4-29-21-7-5-6-20(14-21)24(27)26-17(2)19-8-9-22(23(15-19)28-3)30-16-18-10-12-25-13-11-18/h5-15,17H,4,16H2,1-3H3,(H,26,27). The molecule has 0 aliphatic heterocycles. The van der Waals surface area contributed by atoms with Gasteiger partial charge in [0, 0.05) is 18.0 Å². The molecule has 0 bridgehead atoms. The molecule has 1 aromatic heterocycles. The Balaban J connectivity index is 1.67. The Kier molecular flexibility index (Phi) is 7.27. The van der Waals surface area contributed by atoms with Crippen LogP contribution < -0.4 is 19.5 Å². The van der Waals surface area contributed by atoms with Crippen LogP contribution in [0.4, 0.5) is 0 Å². The second-order valence-corrected chi connectivity index (χ2v) is 6.71. The molecule has 1 heterocycles. The quantitative estimate of drug-likeness (QED) is 0.564. The van der Waals surface area contributed by atoms with Gasteiger partial charge in [0.2, 0.25) is 0 Å². The average Bonchev–Trinajstić information content (AvgIpc) is 2.78. The lowest BCUT2D eigenvalue weighted by Gasteiger charge is -2.17. The zero-order valence-electron chi connectivity index (χ0n) is 17.4. The van der Waals surface area contributed by atoms with E-state index in [1.165, 1.54) is 0 Å². The van der Waals surface area contributed by atoms with Gasteiger partial charge in [-0.05, 0) is 67.4 Å². The number of hydrogen-bond donors (Lipinski definition) is 1. The fourth-order valence-corrected chi connectivity index (χ4v) is 2.97. The molecule has 6 nitrogen and oxygen atoms in total. The lowest BCUT2D eigenvalue weighted by molar-refractivity contribution is 0.0939. The maximum absolute atomic E-state index is 12.6. The van der Waals surface area contributed by atoms with Crippen molar-refractivity contribution in [1.82, 2.24) is 10.3 Å². The van der Waals surface area contributed by atoms with Gasteiger partial charge in [-0.15, -0.1) is 0 Å². The number of methoxy groups -OCH3 is 1. The minimum atomic E-state index is -0.212. The highest BCUT2D eigenvalue weighted by Gasteiger charge is 2.15. The topological polar surface area (TPSA) is 69.7 Å². The largest absolute Gasteiger partial charge is 0.494 e. The predicted octanol–water partition coefficient (Wildman–Crippen LogP) is 4.56. The molecule has 1 amide bonds. The van der Waals surface area contributed by atoms with Crippen molar-refractivity contribution in [2.24, 2.45) is 0 Å². The number of hydrogen-bond acceptors (Lipinski definition) is 5. The Morgan fingerprint density at radius 1 is 1.03 bits per heavy atom. The van der Waals surface area contributed by atoms with Crippen molar-refractivity contribution in [1.29, 1.82) is 0 Å². The molecule has 0 radical (unpaired) electrons. The Hall–Kier alpha value is -3.54. The monoisotopic (exact) mass is 406 g/mol. The minimum absolute atomic E-state index is 0.166. The van der Waals surface area contributed by atoms with E-state index < -0.39 is 0 Å². The zero-order valence-corrected chi connectivity index (χ0v) is 17.4. The molecule has 3 rings (SSSR count). The van der Waals surface area contributed by atoms with Gasteiger partial charge in [0.05, 0.1) is 19.8 Å². The van der Waals surface area contributed by atoms with E-state index in [9.17, 15) is 4.79 Å². The summed E-state index contributed by atoms with van der Waals surface area (Å²) in [4.78, 5) is 16.6. The molecule has 0 aliphatic rings. The SMILES string of the molecule is CCOc1cccc(C(=O)NC(C)c2ccc(OCc3ccncc3)c(OC)c2)c1. The molecule has 0 saturated carbocycles. The Bertz CT molecular complexity index is 976. The molecule has 30 heavy (non-hydrogen) atoms. The predicted molar refractivity (Wildman–Crippen MR) is 115 cm³/mol. The first-order valence-corrected chi connectivity index (χ1v) is 9.84. The summed E-state index contributed by atoms with van der Waals surface area (Å²) in [5.74, 6) is 1.76. The number of ether oxygens (including phenoxy) is 3. The van der Waals surface area contributed by atoms with Gasteiger partial charge in [-0.25, -0.2) is 0 Å². The fourth-order valence-electron chi connectivity index (χ4n) is 2.97. The number of nitrogens with one attached hydrogen (secondary N) is 1. The van der Waals surface area contributed by atoms with Crippen LogP contribution in [0.15, 0.2) is 67.0 Å². The normalized spacial score (nSPS) is 11.4. The van der Waals surface area contributed by atoms with E-state index in [4.69, 9.17) is 14.2 Å². The summed E-state index contributed by atoms with van der Waals surface area (Å²) >= 11 is 0. The van der Waals surface area contributed by atoms with E-state index >= 15 is 0 Å². The van der Waals surface area contributed by atoms with Crippen molar-refractivity contribution in [2.45, 2.75) is 26.5 Å². The van der Waals surface area contributed by atoms with Gasteiger partial charge >= 0.3 is 0 Å².